The molecule has 3 aromatic rings. The number of hydrogen-bond donors (Lipinski definition) is 0. The van der Waals surface area contributed by atoms with Crippen molar-refractivity contribution in [3.8, 4) is 0 Å². The smallest absolute Gasteiger partial charge is 0.251 e. The Kier molecular flexibility index (Phi) is 4.82. The van der Waals surface area contributed by atoms with Crippen LogP contribution in [0.25, 0.3) is 0 Å². The molecule has 0 saturated heterocycles. The molecule has 0 spiro atoms. The van der Waals surface area contributed by atoms with Crippen LogP contribution < -0.4 is 4.90 Å². The molecule has 1 aliphatic rings. The van der Waals surface area contributed by atoms with Crippen molar-refractivity contribution < 1.29 is 4.79 Å². The summed E-state index contributed by atoms with van der Waals surface area (Å²) in [6, 6.07) is 24.1. The second-order valence-electron chi connectivity index (χ2n) is 7.39. The summed E-state index contributed by atoms with van der Waals surface area (Å²) in [4.78, 5) is 20.0. The van der Waals surface area contributed by atoms with Gasteiger partial charge in [0.05, 0.1) is 17.9 Å². The van der Waals surface area contributed by atoms with Gasteiger partial charge >= 0.3 is 0 Å². The van der Waals surface area contributed by atoms with Crippen LogP contribution in [-0.4, -0.2) is 17.7 Å². The van der Waals surface area contributed by atoms with Gasteiger partial charge in [0, 0.05) is 11.1 Å². The summed E-state index contributed by atoms with van der Waals surface area (Å²) in [5.74, 6) is 0.0271. The molecule has 140 valence electrons. The zero-order valence-corrected chi connectivity index (χ0v) is 16.5. The fraction of sp³-hybridized carbons (Fsp3) is 0.200. The largest absolute Gasteiger partial charge is 0.305 e. The van der Waals surface area contributed by atoms with E-state index in [2.05, 4.69) is 38.1 Å². The van der Waals surface area contributed by atoms with Crippen molar-refractivity contribution in [2.24, 2.45) is 4.99 Å². The highest BCUT2D eigenvalue weighted by atomic mass is 16.2. The highest BCUT2D eigenvalue weighted by molar-refractivity contribution is 6.20. The van der Waals surface area contributed by atoms with E-state index in [-0.39, 0.29) is 5.91 Å². The fourth-order valence-corrected chi connectivity index (χ4v) is 3.70. The van der Waals surface area contributed by atoms with E-state index in [9.17, 15) is 4.79 Å². The first kappa shape index (κ1) is 18.2. The predicted octanol–water partition coefficient (Wildman–Crippen LogP) is 5.08. The van der Waals surface area contributed by atoms with E-state index in [1.807, 2.05) is 60.4 Å². The number of amides is 1. The molecule has 28 heavy (non-hydrogen) atoms. The molecule has 0 fully saturated rings. The van der Waals surface area contributed by atoms with Crippen LogP contribution in [0.15, 0.2) is 77.8 Å². The summed E-state index contributed by atoms with van der Waals surface area (Å²) in [6.45, 7) is 6.61. The molecule has 0 bridgehead atoms. The Labute approximate surface area is 166 Å². The van der Waals surface area contributed by atoms with Crippen LogP contribution in [0.4, 0.5) is 5.69 Å². The van der Waals surface area contributed by atoms with E-state index in [1.54, 1.807) is 0 Å². The second-order valence-corrected chi connectivity index (χ2v) is 7.39. The van der Waals surface area contributed by atoms with Crippen molar-refractivity contribution in [2.45, 2.75) is 33.4 Å². The third kappa shape index (κ3) is 3.36. The zero-order chi connectivity index (χ0) is 19.7. The average molecular weight is 368 g/mol. The number of aliphatic imine (C=N–C) groups is 1. The van der Waals surface area contributed by atoms with Crippen LogP contribution in [0.1, 0.15) is 34.7 Å². The minimum Gasteiger partial charge on any atom is -0.305 e. The number of benzodiazepines with no additional fused rings is 1. The third-order valence-corrected chi connectivity index (χ3v) is 5.28. The molecule has 1 heterocycles. The number of anilines is 1. The third-order valence-electron chi connectivity index (χ3n) is 5.28. The number of fused-ring (bicyclic) bond motifs is 1. The maximum absolute atomic E-state index is 13.3. The minimum absolute atomic E-state index is 0.0271. The Bertz CT molecular complexity index is 1050. The second kappa shape index (κ2) is 7.43. The summed E-state index contributed by atoms with van der Waals surface area (Å²) in [7, 11) is 0. The molecule has 0 aliphatic carbocycles. The Hall–Kier alpha value is -3.20. The molecule has 3 heteroatoms. The monoisotopic (exact) mass is 368 g/mol. The number of aryl methyl sites for hydroxylation is 2. The van der Waals surface area contributed by atoms with E-state index in [1.165, 1.54) is 16.7 Å². The van der Waals surface area contributed by atoms with Gasteiger partial charge in [-0.25, -0.2) is 0 Å². The molecule has 0 radical (unpaired) electrons. The van der Waals surface area contributed by atoms with E-state index in [0.29, 0.717) is 6.54 Å². The van der Waals surface area contributed by atoms with Gasteiger partial charge in [-0.1, -0.05) is 72.3 Å². The van der Waals surface area contributed by atoms with Gasteiger partial charge in [0.25, 0.3) is 5.91 Å². The van der Waals surface area contributed by atoms with Gasteiger partial charge in [0.1, 0.15) is 6.04 Å². The van der Waals surface area contributed by atoms with Gasteiger partial charge in [-0.15, -0.1) is 0 Å². The number of carbonyl (C=O) groups excluding carboxylic acids is 1. The molecule has 0 aromatic heterocycles. The number of para-hydroxylation sites is 1. The molecule has 3 aromatic carbocycles. The van der Waals surface area contributed by atoms with Crippen molar-refractivity contribution >= 4 is 17.3 Å². The lowest BCUT2D eigenvalue weighted by molar-refractivity contribution is -0.119. The summed E-state index contributed by atoms with van der Waals surface area (Å²) < 4.78 is 0. The summed E-state index contributed by atoms with van der Waals surface area (Å²) >= 11 is 0. The first-order valence-corrected chi connectivity index (χ1v) is 9.65. The first-order valence-electron chi connectivity index (χ1n) is 9.65. The zero-order valence-electron chi connectivity index (χ0n) is 16.5. The molecule has 1 atom stereocenters. The average Bonchev–Trinajstić information content (AvgIpc) is 2.82. The standard InChI is InChI=1S/C25H24N2O/c1-17-13-14-18(2)21(15-17)16-27-23-12-8-7-11-22(23)24(26-19(3)25(27)28)20-9-5-4-6-10-20/h4-15,19H,16H2,1-3H3/t19-/m1/s1. The topological polar surface area (TPSA) is 32.7 Å². The van der Waals surface area contributed by atoms with Gasteiger partial charge in [-0.2, -0.15) is 0 Å². The van der Waals surface area contributed by atoms with Crippen LogP contribution in [0.2, 0.25) is 0 Å². The summed E-state index contributed by atoms with van der Waals surface area (Å²) in [6.07, 6.45) is 0. The molecular formula is C25H24N2O. The highest BCUT2D eigenvalue weighted by Gasteiger charge is 2.29. The van der Waals surface area contributed by atoms with Crippen molar-refractivity contribution in [3.05, 3.63) is 101 Å². The van der Waals surface area contributed by atoms with Crippen LogP contribution in [0, 0.1) is 13.8 Å². The molecule has 0 unspecified atom stereocenters. The molecular weight excluding hydrogens is 344 g/mol. The SMILES string of the molecule is Cc1ccc(C)c(CN2C(=O)[C@@H](C)N=C(c3ccccc3)c3ccccc32)c1. The predicted molar refractivity (Wildman–Crippen MR) is 115 cm³/mol. The van der Waals surface area contributed by atoms with E-state index in [4.69, 9.17) is 4.99 Å². The van der Waals surface area contributed by atoms with Gasteiger partial charge in [-0.3, -0.25) is 9.79 Å². The van der Waals surface area contributed by atoms with Crippen LogP contribution in [-0.2, 0) is 11.3 Å². The van der Waals surface area contributed by atoms with Gasteiger partial charge in [0.2, 0.25) is 0 Å². The molecule has 0 saturated carbocycles. The van der Waals surface area contributed by atoms with Crippen LogP contribution >= 0.6 is 0 Å². The first-order chi connectivity index (χ1) is 13.5. The van der Waals surface area contributed by atoms with Crippen LogP contribution in [0.3, 0.4) is 0 Å². The number of benzene rings is 3. The normalized spacial score (nSPS) is 16.4. The lowest BCUT2D eigenvalue weighted by Gasteiger charge is -2.25. The van der Waals surface area contributed by atoms with E-state index in [0.717, 1.165) is 22.5 Å². The van der Waals surface area contributed by atoms with Gasteiger partial charge in [0.15, 0.2) is 0 Å². The molecule has 3 nitrogen and oxygen atoms in total. The van der Waals surface area contributed by atoms with Crippen molar-refractivity contribution in [1.29, 1.82) is 0 Å². The molecule has 1 amide bonds. The molecule has 4 rings (SSSR count). The maximum Gasteiger partial charge on any atom is 0.251 e. The number of carbonyl (C=O) groups is 1. The van der Waals surface area contributed by atoms with Crippen molar-refractivity contribution in [2.75, 3.05) is 4.90 Å². The quantitative estimate of drug-likeness (QED) is 0.635. The van der Waals surface area contributed by atoms with Crippen LogP contribution in [0.5, 0.6) is 0 Å². The minimum atomic E-state index is -0.437. The number of hydrogen-bond acceptors (Lipinski definition) is 2. The van der Waals surface area contributed by atoms with Crippen molar-refractivity contribution in [1.82, 2.24) is 0 Å². The number of rotatable bonds is 3. The molecule has 0 N–H and O–H groups in total. The van der Waals surface area contributed by atoms with Gasteiger partial charge < -0.3 is 4.90 Å². The Morgan fingerprint density at radius 1 is 0.929 bits per heavy atom. The van der Waals surface area contributed by atoms with E-state index >= 15 is 0 Å². The summed E-state index contributed by atoms with van der Waals surface area (Å²) in [5.41, 5.74) is 7.38. The Morgan fingerprint density at radius 3 is 2.43 bits per heavy atom. The maximum atomic E-state index is 13.3. The lowest BCUT2D eigenvalue weighted by Crippen LogP contribution is -2.36. The lowest BCUT2D eigenvalue weighted by atomic mass is 9.99. The van der Waals surface area contributed by atoms with Crippen molar-refractivity contribution in [3.63, 3.8) is 0 Å². The van der Waals surface area contributed by atoms with E-state index < -0.39 is 6.04 Å². The number of nitrogens with zero attached hydrogens (tertiary/aromatic N) is 2. The molecule has 1 aliphatic heterocycles. The highest BCUT2D eigenvalue weighted by Crippen LogP contribution is 2.30. The Balaban J connectivity index is 1.84. The fourth-order valence-electron chi connectivity index (χ4n) is 3.70. The van der Waals surface area contributed by atoms with Gasteiger partial charge in [-0.05, 0) is 38.0 Å². The summed E-state index contributed by atoms with van der Waals surface area (Å²) in [5, 5.41) is 0. The Morgan fingerprint density at radius 2 is 1.64 bits per heavy atom.